The summed E-state index contributed by atoms with van der Waals surface area (Å²) in [6.07, 6.45) is 0. The van der Waals surface area contributed by atoms with E-state index < -0.39 is 5.54 Å². The van der Waals surface area contributed by atoms with Gasteiger partial charge in [-0.15, -0.1) is 0 Å². The van der Waals surface area contributed by atoms with E-state index in [0.29, 0.717) is 11.3 Å². The number of amides is 1. The van der Waals surface area contributed by atoms with Crippen molar-refractivity contribution in [3.05, 3.63) is 35.9 Å². The van der Waals surface area contributed by atoms with E-state index in [1.54, 1.807) is 31.0 Å². The topological polar surface area (TPSA) is 52.9 Å². The lowest BCUT2D eigenvalue weighted by atomic mass is 9.96. The molecular weight excluding hydrogens is 216 g/mol. The zero-order valence-electron chi connectivity index (χ0n) is 10.6. The van der Waals surface area contributed by atoms with Gasteiger partial charge in [0, 0.05) is 12.6 Å². The van der Waals surface area contributed by atoms with Crippen LogP contribution < -0.4 is 0 Å². The van der Waals surface area contributed by atoms with Crippen molar-refractivity contribution in [2.24, 2.45) is 5.16 Å². The minimum Gasteiger partial charge on any atom is -0.411 e. The molecule has 1 aromatic rings. The molecule has 1 amide bonds. The molecule has 1 aromatic carbocycles. The Morgan fingerprint density at radius 1 is 1.29 bits per heavy atom. The van der Waals surface area contributed by atoms with E-state index in [1.807, 2.05) is 32.0 Å². The molecule has 4 heteroatoms. The third kappa shape index (κ3) is 2.64. The lowest BCUT2D eigenvalue weighted by molar-refractivity contribution is 0.0706. The Labute approximate surface area is 102 Å². The highest BCUT2D eigenvalue weighted by Crippen LogP contribution is 2.17. The molecule has 1 rings (SSSR count). The van der Waals surface area contributed by atoms with Gasteiger partial charge in [-0.25, -0.2) is 0 Å². The van der Waals surface area contributed by atoms with Crippen LogP contribution in [0.5, 0.6) is 0 Å². The molecule has 0 aliphatic carbocycles. The molecule has 0 spiro atoms. The Kier molecular flexibility index (Phi) is 3.89. The normalized spacial score (nSPS) is 12.4. The van der Waals surface area contributed by atoms with Gasteiger partial charge < -0.3 is 10.1 Å². The smallest absolute Gasteiger partial charge is 0.254 e. The van der Waals surface area contributed by atoms with E-state index in [-0.39, 0.29) is 5.91 Å². The Hall–Kier alpha value is -1.84. The molecule has 1 N–H and O–H groups in total. The lowest BCUT2D eigenvalue weighted by Gasteiger charge is -2.35. The van der Waals surface area contributed by atoms with Gasteiger partial charge >= 0.3 is 0 Å². The van der Waals surface area contributed by atoms with Crippen LogP contribution in [0.15, 0.2) is 35.5 Å². The van der Waals surface area contributed by atoms with Crippen molar-refractivity contribution in [1.82, 2.24) is 4.90 Å². The molecule has 0 bridgehead atoms. The van der Waals surface area contributed by atoms with Gasteiger partial charge in [0.15, 0.2) is 0 Å². The number of carbonyl (C=O) groups excluding carboxylic acids is 1. The van der Waals surface area contributed by atoms with E-state index in [0.717, 1.165) is 0 Å². The predicted octanol–water partition coefficient (Wildman–Crippen LogP) is 2.39. The largest absolute Gasteiger partial charge is 0.411 e. The van der Waals surface area contributed by atoms with Gasteiger partial charge in [0.2, 0.25) is 0 Å². The second-order valence-electron chi connectivity index (χ2n) is 4.47. The monoisotopic (exact) mass is 234 g/mol. The number of benzene rings is 1. The van der Waals surface area contributed by atoms with Crippen LogP contribution in [0, 0.1) is 0 Å². The van der Waals surface area contributed by atoms with Crippen LogP contribution in [-0.4, -0.2) is 34.3 Å². The summed E-state index contributed by atoms with van der Waals surface area (Å²) in [7, 11) is 1.70. The fraction of sp³-hybridized carbons (Fsp3) is 0.385. The number of hydrogen-bond acceptors (Lipinski definition) is 3. The van der Waals surface area contributed by atoms with Gasteiger partial charge in [-0.2, -0.15) is 0 Å². The summed E-state index contributed by atoms with van der Waals surface area (Å²) in [5.74, 6) is -0.0985. The first-order chi connectivity index (χ1) is 7.91. The predicted molar refractivity (Wildman–Crippen MR) is 67.5 cm³/mol. The van der Waals surface area contributed by atoms with Crippen molar-refractivity contribution in [2.75, 3.05) is 7.05 Å². The molecule has 0 aromatic heterocycles. The summed E-state index contributed by atoms with van der Waals surface area (Å²) in [6.45, 7) is 5.36. The lowest BCUT2D eigenvalue weighted by Crippen LogP contribution is -2.50. The molecule has 92 valence electrons. The molecule has 0 saturated carbocycles. The van der Waals surface area contributed by atoms with Crippen LogP contribution in [0.2, 0.25) is 0 Å². The van der Waals surface area contributed by atoms with E-state index in [2.05, 4.69) is 5.16 Å². The van der Waals surface area contributed by atoms with E-state index in [4.69, 9.17) is 5.21 Å². The summed E-state index contributed by atoms with van der Waals surface area (Å²) in [6, 6.07) is 9.03. The summed E-state index contributed by atoms with van der Waals surface area (Å²) < 4.78 is 0. The zero-order chi connectivity index (χ0) is 13.1. The maximum absolute atomic E-state index is 12.2. The maximum Gasteiger partial charge on any atom is 0.254 e. The van der Waals surface area contributed by atoms with E-state index in [9.17, 15) is 4.79 Å². The minimum absolute atomic E-state index is 0.0985. The van der Waals surface area contributed by atoms with Crippen LogP contribution in [0.4, 0.5) is 0 Å². The Morgan fingerprint density at radius 2 is 1.82 bits per heavy atom. The highest BCUT2D eigenvalue weighted by molar-refractivity contribution is 6.00. The van der Waals surface area contributed by atoms with Crippen LogP contribution >= 0.6 is 0 Å². The Morgan fingerprint density at radius 3 is 2.29 bits per heavy atom. The molecule has 17 heavy (non-hydrogen) atoms. The average molecular weight is 234 g/mol. The zero-order valence-corrected chi connectivity index (χ0v) is 10.6. The van der Waals surface area contributed by atoms with Crippen molar-refractivity contribution < 1.29 is 10.0 Å². The van der Waals surface area contributed by atoms with Crippen molar-refractivity contribution in [3.63, 3.8) is 0 Å². The molecule has 0 aliphatic rings. The van der Waals surface area contributed by atoms with Crippen LogP contribution in [0.25, 0.3) is 0 Å². The molecule has 0 radical (unpaired) electrons. The van der Waals surface area contributed by atoms with Crippen molar-refractivity contribution in [1.29, 1.82) is 0 Å². The SMILES string of the molecule is CC(=NO)C(C)(C)N(C)C(=O)c1ccccc1. The molecule has 0 heterocycles. The summed E-state index contributed by atoms with van der Waals surface area (Å²) >= 11 is 0. The average Bonchev–Trinajstić information content (AvgIpc) is 2.36. The summed E-state index contributed by atoms with van der Waals surface area (Å²) in [5.41, 5.74) is 0.486. The first-order valence-corrected chi connectivity index (χ1v) is 5.43. The number of oxime groups is 1. The second-order valence-corrected chi connectivity index (χ2v) is 4.47. The van der Waals surface area contributed by atoms with Gasteiger partial charge in [-0.1, -0.05) is 23.4 Å². The number of nitrogens with zero attached hydrogens (tertiary/aromatic N) is 2. The fourth-order valence-corrected chi connectivity index (χ4v) is 1.39. The summed E-state index contributed by atoms with van der Waals surface area (Å²) in [5, 5.41) is 12.0. The van der Waals surface area contributed by atoms with Crippen molar-refractivity contribution in [2.45, 2.75) is 26.3 Å². The van der Waals surface area contributed by atoms with Crippen LogP contribution in [0.3, 0.4) is 0 Å². The second kappa shape index (κ2) is 4.99. The summed E-state index contributed by atoms with van der Waals surface area (Å²) in [4.78, 5) is 13.8. The fourth-order valence-electron chi connectivity index (χ4n) is 1.39. The van der Waals surface area contributed by atoms with Gasteiger partial charge in [0.25, 0.3) is 5.91 Å². The van der Waals surface area contributed by atoms with Gasteiger partial charge in [-0.05, 0) is 32.9 Å². The number of carbonyl (C=O) groups is 1. The third-order valence-electron chi connectivity index (χ3n) is 3.20. The quantitative estimate of drug-likeness (QED) is 0.496. The molecule has 0 atom stereocenters. The number of hydrogen-bond donors (Lipinski definition) is 1. The number of rotatable bonds is 3. The maximum atomic E-state index is 12.2. The highest BCUT2D eigenvalue weighted by Gasteiger charge is 2.31. The molecule has 0 saturated heterocycles. The van der Waals surface area contributed by atoms with Gasteiger partial charge in [0.1, 0.15) is 0 Å². The molecule has 0 unspecified atom stereocenters. The minimum atomic E-state index is -0.623. The Balaban J connectivity index is 2.99. The van der Waals surface area contributed by atoms with Crippen LogP contribution in [0.1, 0.15) is 31.1 Å². The molecular formula is C13H18N2O2. The van der Waals surface area contributed by atoms with Crippen molar-refractivity contribution in [3.8, 4) is 0 Å². The van der Waals surface area contributed by atoms with Gasteiger partial charge in [0.05, 0.1) is 11.3 Å². The molecule has 0 fully saturated rings. The molecule has 0 aliphatic heterocycles. The van der Waals surface area contributed by atoms with Crippen molar-refractivity contribution >= 4 is 11.6 Å². The van der Waals surface area contributed by atoms with E-state index >= 15 is 0 Å². The third-order valence-corrected chi connectivity index (χ3v) is 3.20. The Bertz CT molecular complexity index is 424. The first-order valence-electron chi connectivity index (χ1n) is 5.43. The molecule has 4 nitrogen and oxygen atoms in total. The first kappa shape index (κ1) is 13.2. The van der Waals surface area contributed by atoms with E-state index in [1.165, 1.54) is 0 Å². The highest BCUT2D eigenvalue weighted by atomic mass is 16.4. The van der Waals surface area contributed by atoms with Crippen LogP contribution in [-0.2, 0) is 0 Å². The van der Waals surface area contributed by atoms with Gasteiger partial charge in [-0.3, -0.25) is 4.79 Å². The standard InChI is InChI=1S/C13H18N2O2/c1-10(14-17)13(2,3)15(4)12(16)11-8-6-5-7-9-11/h5-9,17H,1-4H3.